The highest BCUT2D eigenvalue weighted by molar-refractivity contribution is 5.51. The molecular weight excluding hydrogens is 300 g/mol. The van der Waals surface area contributed by atoms with Crippen molar-refractivity contribution in [2.24, 2.45) is 0 Å². The van der Waals surface area contributed by atoms with Crippen LogP contribution in [0, 0.1) is 0 Å². The molecule has 0 unspecified atom stereocenters. The molecule has 0 aliphatic heterocycles. The van der Waals surface area contributed by atoms with Gasteiger partial charge in [-0.05, 0) is 36.4 Å². The van der Waals surface area contributed by atoms with Gasteiger partial charge < -0.3 is 5.32 Å². The van der Waals surface area contributed by atoms with Crippen molar-refractivity contribution in [1.82, 2.24) is 24.5 Å². The maximum absolute atomic E-state index is 4.60. The van der Waals surface area contributed by atoms with E-state index < -0.39 is 0 Å². The SMILES string of the molecule is c1ccc(-n2ccc(CNc3cccc(-n4cnnc4)c3)n2)cc1. The number of nitrogens with zero attached hydrogens (tertiary/aromatic N) is 5. The molecule has 0 saturated carbocycles. The molecule has 6 nitrogen and oxygen atoms in total. The number of rotatable bonds is 5. The summed E-state index contributed by atoms with van der Waals surface area (Å²) in [4.78, 5) is 0. The third kappa shape index (κ3) is 3.03. The van der Waals surface area contributed by atoms with Gasteiger partial charge in [0.15, 0.2) is 0 Å². The van der Waals surface area contributed by atoms with Crippen LogP contribution in [0.4, 0.5) is 5.69 Å². The van der Waals surface area contributed by atoms with E-state index in [2.05, 4.69) is 26.7 Å². The third-order valence-corrected chi connectivity index (χ3v) is 3.70. The van der Waals surface area contributed by atoms with Crippen LogP contribution in [0.3, 0.4) is 0 Å². The van der Waals surface area contributed by atoms with E-state index >= 15 is 0 Å². The van der Waals surface area contributed by atoms with Crippen LogP contribution in [-0.4, -0.2) is 24.5 Å². The fraction of sp³-hybridized carbons (Fsp3) is 0.0556. The molecule has 1 N–H and O–H groups in total. The summed E-state index contributed by atoms with van der Waals surface area (Å²) in [6.07, 6.45) is 5.33. The zero-order valence-electron chi connectivity index (χ0n) is 12.9. The summed E-state index contributed by atoms with van der Waals surface area (Å²) in [5.74, 6) is 0. The summed E-state index contributed by atoms with van der Waals surface area (Å²) in [5, 5.41) is 15.7. The fourth-order valence-corrected chi connectivity index (χ4v) is 2.48. The van der Waals surface area contributed by atoms with E-state index in [-0.39, 0.29) is 0 Å². The molecule has 2 aromatic heterocycles. The van der Waals surface area contributed by atoms with E-state index in [9.17, 15) is 0 Å². The molecule has 0 bridgehead atoms. The lowest BCUT2D eigenvalue weighted by Crippen LogP contribution is -2.02. The highest BCUT2D eigenvalue weighted by Crippen LogP contribution is 2.15. The Labute approximate surface area is 139 Å². The van der Waals surface area contributed by atoms with E-state index in [0.717, 1.165) is 22.8 Å². The van der Waals surface area contributed by atoms with Crippen molar-refractivity contribution in [3.63, 3.8) is 0 Å². The molecule has 0 aliphatic carbocycles. The number of hydrogen-bond donors (Lipinski definition) is 1. The highest BCUT2D eigenvalue weighted by atomic mass is 15.3. The molecular formula is C18H16N6. The Bertz CT molecular complexity index is 912. The predicted octanol–water partition coefficient (Wildman–Crippen LogP) is 3.07. The van der Waals surface area contributed by atoms with Gasteiger partial charge in [0.05, 0.1) is 23.6 Å². The Hall–Kier alpha value is -3.41. The molecule has 2 aromatic carbocycles. The summed E-state index contributed by atoms with van der Waals surface area (Å²) in [6.45, 7) is 0.658. The lowest BCUT2D eigenvalue weighted by atomic mass is 10.2. The zero-order chi connectivity index (χ0) is 16.2. The first-order valence-corrected chi connectivity index (χ1v) is 7.67. The quantitative estimate of drug-likeness (QED) is 0.615. The van der Waals surface area contributed by atoms with E-state index in [1.54, 1.807) is 12.7 Å². The summed E-state index contributed by atoms with van der Waals surface area (Å²) in [7, 11) is 0. The average Bonchev–Trinajstić information content (AvgIpc) is 3.33. The summed E-state index contributed by atoms with van der Waals surface area (Å²) in [6, 6.07) is 20.2. The smallest absolute Gasteiger partial charge is 0.123 e. The fourth-order valence-electron chi connectivity index (χ4n) is 2.48. The third-order valence-electron chi connectivity index (χ3n) is 3.70. The molecule has 0 amide bonds. The number of hydrogen-bond acceptors (Lipinski definition) is 4. The van der Waals surface area contributed by atoms with E-state index in [0.29, 0.717) is 6.54 Å². The van der Waals surface area contributed by atoms with E-state index in [4.69, 9.17) is 0 Å². The van der Waals surface area contributed by atoms with Crippen molar-refractivity contribution >= 4 is 5.69 Å². The summed E-state index contributed by atoms with van der Waals surface area (Å²) < 4.78 is 3.75. The average molecular weight is 316 g/mol. The van der Waals surface area contributed by atoms with E-state index in [1.165, 1.54) is 0 Å². The van der Waals surface area contributed by atoms with Gasteiger partial charge in [-0.3, -0.25) is 4.57 Å². The van der Waals surface area contributed by atoms with Gasteiger partial charge >= 0.3 is 0 Å². The van der Waals surface area contributed by atoms with Gasteiger partial charge in [0.2, 0.25) is 0 Å². The van der Waals surface area contributed by atoms with Gasteiger partial charge in [0, 0.05) is 11.9 Å². The van der Waals surface area contributed by atoms with Crippen LogP contribution in [0.15, 0.2) is 79.5 Å². The van der Waals surface area contributed by atoms with Crippen LogP contribution in [0.25, 0.3) is 11.4 Å². The lowest BCUT2D eigenvalue weighted by Gasteiger charge is -2.07. The molecule has 0 radical (unpaired) electrons. The standard InChI is InChI=1S/C18H16N6/c1-2-6-17(7-3-1)24-10-9-16(22-24)12-19-15-5-4-8-18(11-15)23-13-20-21-14-23/h1-11,13-14,19H,12H2. The molecule has 0 aliphatic rings. The Balaban J connectivity index is 1.46. The van der Waals surface area contributed by atoms with E-state index in [1.807, 2.05) is 70.0 Å². The first-order valence-electron chi connectivity index (χ1n) is 7.67. The summed E-state index contributed by atoms with van der Waals surface area (Å²) in [5.41, 5.74) is 4.07. The van der Waals surface area contributed by atoms with Gasteiger partial charge in [-0.25, -0.2) is 4.68 Å². The van der Waals surface area contributed by atoms with Gasteiger partial charge in [0.1, 0.15) is 12.7 Å². The van der Waals surface area contributed by atoms with Crippen molar-refractivity contribution in [2.45, 2.75) is 6.54 Å². The maximum atomic E-state index is 4.60. The predicted molar refractivity (Wildman–Crippen MR) is 92.2 cm³/mol. The van der Waals surface area contributed by atoms with Crippen LogP contribution in [-0.2, 0) is 6.54 Å². The molecule has 0 spiro atoms. The van der Waals surface area contributed by atoms with Crippen LogP contribution in [0.5, 0.6) is 0 Å². The van der Waals surface area contributed by atoms with Crippen LogP contribution < -0.4 is 5.32 Å². The normalized spacial score (nSPS) is 10.7. The highest BCUT2D eigenvalue weighted by Gasteiger charge is 2.02. The number of aromatic nitrogens is 5. The van der Waals surface area contributed by atoms with Crippen molar-refractivity contribution in [3.05, 3.63) is 85.2 Å². The number of benzene rings is 2. The first-order chi connectivity index (χ1) is 11.9. The zero-order valence-corrected chi connectivity index (χ0v) is 12.9. The largest absolute Gasteiger partial charge is 0.379 e. The molecule has 118 valence electrons. The first kappa shape index (κ1) is 14.2. The van der Waals surface area contributed by atoms with Crippen LogP contribution >= 0.6 is 0 Å². The Morgan fingerprint density at radius 3 is 2.46 bits per heavy atom. The number of para-hydroxylation sites is 1. The molecule has 0 atom stereocenters. The Morgan fingerprint density at radius 1 is 0.833 bits per heavy atom. The van der Waals surface area contributed by atoms with Gasteiger partial charge in [0.25, 0.3) is 0 Å². The minimum atomic E-state index is 0.658. The van der Waals surface area contributed by atoms with Crippen molar-refractivity contribution in [3.8, 4) is 11.4 Å². The number of nitrogens with one attached hydrogen (secondary N) is 1. The minimum absolute atomic E-state index is 0.658. The molecule has 0 saturated heterocycles. The minimum Gasteiger partial charge on any atom is -0.379 e. The number of anilines is 1. The maximum Gasteiger partial charge on any atom is 0.123 e. The van der Waals surface area contributed by atoms with Gasteiger partial charge in [-0.1, -0.05) is 24.3 Å². The van der Waals surface area contributed by atoms with Crippen molar-refractivity contribution in [1.29, 1.82) is 0 Å². The molecule has 4 rings (SSSR count). The molecule has 24 heavy (non-hydrogen) atoms. The van der Waals surface area contributed by atoms with Crippen molar-refractivity contribution in [2.75, 3.05) is 5.32 Å². The second kappa shape index (κ2) is 6.37. The Kier molecular flexibility index (Phi) is 3.77. The second-order valence-electron chi connectivity index (χ2n) is 5.36. The topological polar surface area (TPSA) is 60.6 Å². The monoisotopic (exact) mass is 316 g/mol. The second-order valence-corrected chi connectivity index (χ2v) is 5.36. The molecule has 4 aromatic rings. The molecule has 6 heteroatoms. The van der Waals surface area contributed by atoms with Crippen LogP contribution in [0.1, 0.15) is 5.69 Å². The lowest BCUT2D eigenvalue weighted by molar-refractivity contribution is 0.844. The summed E-state index contributed by atoms with van der Waals surface area (Å²) >= 11 is 0. The van der Waals surface area contributed by atoms with Crippen LogP contribution in [0.2, 0.25) is 0 Å². The Morgan fingerprint density at radius 2 is 1.62 bits per heavy atom. The van der Waals surface area contributed by atoms with Gasteiger partial charge in [-0.2, -0.15) is 5.10 Å². The molecule has 2 heterocycles. The van der Waals surface area contributed by atoms with Gasteiger partial charge in [-0.15, -0.1) is 10.2 Å². The molecule has 0 fully saturated rings. The van der Waals surface area contributed by atoms with Crippen molar-refractivity contribution < 1.29 is 0 Å².